The second kappa shape index (κ2) is 8.31. The highest BCUT2D eigenvalue weighted by molar-refractivity contribution is 14.1. The molecule has 0 saturated carbocycles. The number of anilines is 1. The van der Waals surface area contributed by atoms with Gasteiger partial charge >= 0.3 is 12.0 Å². The Morgan fingerprint density at radius 1 is 1.45 bits per heavy atom. The molecule has 1 atom stereocenters. The molecule has 0 aliphatic heterocycles. The van der Waals surface area contributed by atoms with E-state index in [4.69, 9.17) is 16.7 Å². The van der Waals surface area contributed by atoms with Crippen molar-refractivity contribution in [2.45, 2.75) is 32.2 Å². The molecular formula is C13H16ClIN2O3. The van der Waals surface area contributed by atoms with Gasteiger partial charge in [-0.3, -0.25) is 4.79 Å². The third-order valence-electron chi connectivity index (χ3n) is 2.57. The van der Waals surface area contributed by atoms with E-state index >= 15 is 0 Å². The summed E-state index contributed by atoms with van der Waals surface area (Å²) < 4.78 is 0.966. The Morgan fingerprint density at radius 3 is 2.70 bits per heavy atom. The van der Waals surface area contributed by atoms with Crippen LogP contribution in [0.3, 0.4) is 0 Å². The Labute approximate surface area is 136 Å². The van der Waals surface area contributed by atoms with Crippen LogP contribution in [0.1, 0.15) is 26.2 Å². The highest BCUT2D eigenvalue weighted by Gasteiger charge is 2.15. The summed E-state index contributed by atoms with van der Waals surface area (Å²) in [7, 11) is 0. The molecule has 1 aromatic rings. The second-order valence-corrected chi connectivity index (χ2v) is 5.96. The maximum absolute atomic E-state index is 11.8. The van der Waals surface area contributed by atoms with Crippen LogP contribution in [0.4, 0.5) is 10.5 Å². The topological polar surface area (TPSA) is 78.4 Å². The lowest BCUT2D eigenvalue weighted by Crippen LogP contribution is -2.39. The quantitative estimate of drug-likeness (QED) is 0.626. The molecule has 20 heavy (non-hydrogen) atoms. The van der Waals surface area contributed by atoms with E-state index in [2.05, 4.69) is 33.2 Å². The van der Waals surface area contributed by atoms with Crippen molar-refractivity contribution in [2.24, 2.45) is 0 Å². The van der Waals surface area contributed by atoms with E-state index < -0.39 is 12.0 Å². The summed E-state index contributed by atoms with van der Waals surface area (Å²) in [6, 6.07) is 4.42. The minimum absolute atomic E-state index is 0.0956. The van der Waals surface area contributed by atoms with Crippen molar-refractivity contribution >= 4 is 51.9 Å². The van der Waals surface area contributed by atoms with Crippen LogP contribution in [-0.2, 0) is 4.79 Å². The number of rotatable bonds is 6. The molecule has 0 heterocycles. The average molecular weight is 411 g/mol. The Bertz CT molecular complexity index is 497. The van der Waals surface area contributed by atoms with Gasteiger partial charge in [-0.25, -0.2) is 4.79 Å². The van der Waals surface area contributed by atoms with Crippen LogP contribution in [0.15, 0.2) is 18.2 Å². The summed E-state index contributed by atoms with van der Waals surface area (Å²) in [5, 5.41) is 14.5. The van der Waals surface area contributed by atoms with Gasteiger partial charge in [0.25, 0.3) is 0 Å². The van der Waals surface area contributed by atoms with E-state index in [0.717, 1.165) is 9.99 Å². The average Bonchev–Trinajstić information content (AvgIpc) is 2.32. The number of carbonyl (C=O) groups is 2. The predicted octanol–water partition coefficient (Wildman–Crippen LogP) is 3.71. The van der Waals surface area contributed by atoms with Crippen LogP contribution in [0, 0.1) is 3.57 Å². The fraction of sp³-hybridized carbons (Fsp3) is 0.385. The van der Waals surface area contributed by atoms with E-state index in [1.165, 1.54) is 0 Å². The van der Waals surface area contributed by atoms with Crippen LogP contribution in [-0.4, -0.2) is 23.1 Å². The standard InChI is InChI=1S/C13H16ClIN2O3/c1-2-3-9(7-12(18)19)16-13(20)17-11-5-4-8(15)6-10(11)14/h4-6,9H,2-3,7H2,1H3,(H,18,19)(H2,16,17,20). The molecule has 0 aliphatic rings. The number of carboxylic acids is 1. The molecule has 0 saturated heterocycles. The number of carboxylic acid groups (broad SMARTS) is 1. The van der Waals surface area contributed by atoms with E-state index in [1.807, 2.05) is 13.0 Å². The number of amides is 2. The number of nitrogens with one attached hydrogen (secondary N) is 2. The molecular weight excluding hydrogens is 395 g/mol. The third kappa shape index (κ3) is 5.96. The summed E-state index contributed by atoms with van der Waals surface area (Å²) in [6.45, 7) is 1.93. The molecule has 2 amide bonds. The van der Waals surface area contributed by atoms with Crippen molar-refractivity contribution < 1.29 is 14.7 Å². The monoisotopic (exact) mass is 410 g/mol. The van der Waals surface area contributed by atoms with Crippen LogP contribution < -0.4 is 10.6 Å². The lowest BCUT2D eigenvalue weighted by molar-refractivity contribution is -0.137. The van der Waals surface area contributed by atoms with Crippen molar-refractivity contribution in [2.75, 3.05) is 5.32 Å². The number of benzene rings is 1. The molecule has 0 fully saturated rings. The van der Waals surface area contributed by atoms with Crippen LogP contribution in [0.2, 0.25) is 5.02 Å². The Morgan fingerprint density at radius 2 is 2.15 bits per heavy atom. The lowest BCUT2D eigenvalue weighted by atomic mass is 10.1. The molecule has 0 aliphatic carbocycles. The second-order valence-electron chi connectivity index (χ2n) is 4.31. The first-order valence-electron chi connectivity index (χ1n) is 6.16. The van der Waals surface area contributed by atoms with Gasteiger partial charge in [0.1, 0.15) is 0 Å². The zero-order valence-electron chi connectivity index (χ0n) is 11.0. The van der Waals surface area contributed by atoms with E-state index in [9.17, 15) is 9.59 Å². The largest absolute Gasteiger partial charge is 0.481 e. The summed E-state index contributed by atoms with van der Waals surface area (Å²) >= 11 is 8.14. The van der Waals surface area contributed by atoms with Gasteiger partial charge in [0.2, 0.25) is 0 Å². The van der Waals surface area contributed by atoms with E-state index in [0.29, 0.717) is 17.1 Å². The number of halogens is 2. The smallest absolute Gasteiger partial charge is 0.319 e. The molecule has 1 aromatic carbocycles. The molecule has 0 bridgehead atoms. The number of carbonyl (C=O) groups excluding carboxylic acids is 1. The SMILES string of the molecule is CCCC(CC(=O)O)NC(=O)Nc1ccc(I)cc1Cl. The van der Waals surface area contributed by atoms with Gasteiger partial charge in [-0.2, -0.15) is 0 Å². The Hall–Kier alpha value is -1.02. The van der Waals surface area contributed by atoms with Crippen LogP contribution in [0.5, 0.6) is 0 Å². The van der Waals surface area contributed by atoms with E-state index in [1.54, 1.807) is 12.1 Å². The molecule has 1 rings (SSSR count). The maximum Gasteiger partial charge on any atom is 0.319 e. The first-order chi connectivity index (χ1) is 9.42. The van der Waals surface area contributed by atoms with Gasteiger partial charge < -0.3 is 15.7 Å². The number of hydrogen-bond acceptors (Lipinski definition) is 2. The first kappa shape index (κ1) is 17.0. The number of aliphatic carboxylic acids is 1. The zero-order chi connectivity index (χ0) is 15.1. The zero-order valence-corrected chi connectivity index (χ0v) is 13.9. The van der Waals surface area contributed by atoms with Crippen LogP contribution in [0.25, 0.3) is 0 Å². The molecule has 7 heteroatoms. The van der Waals surface area contributed by atoms with Crippen molar-refractivity contribution in [1.82, 2.24) is 5.32 Å². The van der Waals surface area contributed by atoms with Crippen molar-refractivity contribution in [3.05, 3.63) is 26.8 Å². The van der Waals surface area contributed by atoms with Gasteiger partial charge in [-0.05, 0) is 47.2 Å². The fourth-order valence-electron chi connectivity index (χ4n) is 1.72. The number of hydrogen-bond donors (Lipinski definition) is 3. The van der Waals surface area contributed by atoms with Gasteiger partial charge in [-0.1, -0.05) is 24.9 Å². The maximum atomic E-state index is 11.8. The normalized spacial score (nSPS) is 11.8. The Kier molecular flexibility index (Phi) is 7.08. The first-order valence-corrected chi connectivity index (χ1v) is 7.62. The minimum Gasteiger partial charge on any atom is -0.481 e. The van der Waals surface area contributed by atoms with Gasteiger partial charge in [0.15, 0.2) is 0 Å². The van der Waals surface area contributed by atoms with Gasteiger partial charge in [0.05, 0.1) is 17.1 Å². The molecule has 3 N–H and O–H groups in total. The lowest BCUT2D eigenvalue weighted by Gasteiger charge is -2.17. The minimum atomic E-state index is -0.934. The van der Waals surface area contributed by atoms with E-state index in [-0.39, 0.29) is 12.5 Å². The van der Waals surface area contributed by atoms with Crippen molar-refractivity contribution in [3.63, 3.8) is 0 Å². The molecule has 0 radical (unpaired) electrons. The van der Waals surface area contributed by atoms with Gasteiger partial charge in [0, 0.05) is 9.61 Å². The Balaban J connectivity index is 2.62. The summed E-state index contributed by atoms with van der Waals surface area (Å²) in [5.74, 6) is -0.934. The van der Waals surface area contributed by atoms with Crippen molar-refractivity contribution in [1.29, 1.82) is 0 Å². The number of urea groups is 1. The van der Waals surface area contributed by atoms with Crippen molar-refractivity contribution in [3.8, 4) is 0 Å². The predicted molar refractivity (Wildman–Crippen MR) is 87.3 cm³/mol. The fourth-order valence-corrected chi connectivity index (χ4v) is 2.62. The van der Waals surface area contributed by atoms with Gasteiger partial charge in [-0.15, -0.1) is 0 Å². The highest BCUT2D eigenvalue weighted by atomic mass is 127. The summed E-state index contributed by atoms with van der Waals surface area (Å²) in [4.78, 5) is 22.6. The molecule has 0 spiro atoms. The molecule has 0 aromatic heterocycles. The third-order valence-corrected chi connectivity index (χ3v) is 3.56. The summed E-state index contributed by atoms with van der Waals surface area (Å²) in [5.41, 5.74) is 0.496. The molecule has 5 nitrogen and oxygen atoms in total. The molecule has 1 unspecified atom stereocenters. The summed E-state index contributed by atoms with van der Waals surface area (Å²) in [6.07, 6.45) is 1.31. The molecule has 110 valence electrons. The highest BCUT2D eigenvalue weighted by Crippen LogP contribution is 2.23. The van der Waals surface area contributed by atoms with Crippen LogP contribution >= 0.6 is 34.2 Å².